The molecule has 1 saturated heterocycles. The van der Waals surface area contributed by atoms with Gasteiger partial charge in [0.25, 0.3) is 5.91 Å². The number of nitrogens with zero attached hydrogens (tertiary/aromatic N) is 2. The van der Waals surface area contributed by atoms with Crippen LogP contribution in [0.1, 0.15) is 41.5 Å². The number of fused-ring (bicyclic) bond motifs is 1. The van der Waals surface area contributed by atoms with Crippen LogP contribution in [0, 0.1) is 5.92 Å². The molecule has 1 aromatic rings. The molecular weight excluding hydrogens is 266 g/mol. The van der Waals surface area contributed by atoms with Gasteiger partial charge in [-0.3, -0.25) is 9.89 Å². The molecule has 0 aromatic carbocycles. The number of hydrogen-bond donors (Lipinski definition) is 3. The van der Waals surface area contributed by atoms with Crippen molar-refractivity contribution in [2.24, 2.45) is 5.92 Å². The zero-order valence-corrected chi connectivity index (χ0v) is 12.7. The normalized spacial score (nSPS) is 20.2. The second-order valence-electron chi connectivity index (χ2n) is 6.24. The summed E-state index contributed by atoms with van der Waals surface area (Å²) in [6, 6.07) is 0. The van der Waals surface area contributed by atoms with Crippen LogP contribution in [0.4, 0.5) is 0 Å². The molecule has 0 atom stereocenters. The van der Waals surface area contributed by atoms with E-state index in [-0.39, 0.29) is 5.91 Å². The van der Waals surface area contributed by atoms with E-state index < -0.39 is 0 Å². The Morgan fingerprint density at radius 1 is 1.43 bits per heavy atom. The predicted octanol–water partition coefficient (Wildman–Crippen LogP) is 0.517. The van der Waals surface area contributed by atoms with E-state index in [4.69, 9.17) is 0 Å². The molecule has 0 saturated carbocycles. The van der Waals surface area contributed by atoms with Gasteiger partial charge >= 0.3 is 0 Å². The smallest absolute Gasteiger partial charge is 0.272 e. The molecule has 1 amide bonds. The molecular formula is C15H25N5O. The number of likely N-dealkylation sites (tertiary alicyclic amines) is 1. The van der Waals surface area contributed by atoms with E-state index in [2.05, 4.69) is 32.7 Å². The number of carbonyl (C=O) groups excluding carboxylic acids is 1. The van der Waals surface area contributed by atoms with Gasteiger partial charge in [0.15, 0.2) is 5.69 Å². The van der Waals surface area contributed by atoms with Gasteiger partial charge in [0.1, 0.15) is 0 Å². The van der Waals surface area contributed by atoms with Crippen LogP contribution in [0.2, 0.25) is 0 Å². The lowest BCUT2D eigenvalue weighted by Gasteiger charge is -2.30. The Kier molecular flexibility index (Phi) is 4.55. The van der Waals surface area contributed by atoms with E-state index in [1.54, 1.807) is 0 Å². The van der Waals surface area contributed by atoms with Crippen LogP contribution in [0.3, 0.4) is 0 Å². The fourth-order valence-corrected chi connectivity index (χ4v) is 3.11. The molecule has 1 aromatic heterocycles. The molecule has 3 N–H and O–H groups in total. The standard InChI is InChI=1S/C15H25N5O/c1-11-3-7-20(8-4-11)9-6-17-15(21)14-12-10-16-5-2-13(12)18-19-14/h11,16H,2-10H2,1H3,(H,17,21)(H,18,19). The Morgan fingerprint density at radius 2 is 2.24 bits per heavy atom. The van der Waals surface area contributed by atoms with Crippen molar-refractivity contribution in [2.45, 2.75) is 32.7 Å². The molecule has 21 heavy (non-hydrogen) atoms. The Morgan fingerprint density at radius 3 is 3.05 bits per heavy atom. The fourth-order valence-electron chi connectivity index (χ4n) is 3.11. The molecule has 1 fully saturated rings. The molecule has 116 valence electrons. The zero-order valence-electron chi connectivity index (χ0n) is 12.7. The largest absolute Gasteiger partial charge is 0.349 e. The van der Waals surface area contributed by atoms with Gasteiger partial charge < -0.3 is 15.5 Å². The van der Waals surface area contributed by atoms with Crippen molar-refractivity contribution in [1.82, 2.24) is 25.7 Å². The topological polar surface area (TPSA) is 73.0 Å². The summed E-state index contributed by atoms with van der Waals surface area (Å²) >= 11 is 0. The van der Waals surface area contributed by atoms with Crippen LogP contribution >= 0.6 is 0 Å². The summed E-state index contributed by atoms with van der Waals surface area (Å²) < 4.78 is 0. The van der Waals surface area contributed by atoms with Crippen LogP contribution in [0.25, 0.3) is 0 Å². The molecule has 3 rings (SSSR count). The maximum atomic E-state index is 12.2. The highest BCUT2D eigenvalue weighted by atomic mass is 16.1. The maximum absolute atomic E-state index is 12.2. The number of piperidine rings is 1. The second kappa shape index (κ2) is 6.58. The summed E-state index contributed by atoms with van der Waals surface area (Å²) in [4.78, 5) is 14.7. The van der Waals surface area contributed by atoms with Crippen LogP contribution in [-0.2, 0) is 13.0 Å². The van der Waals surface area contributed by atoms with E-state index in [9.17, 15) is 4.79 Å². The average molecular weight is 291 g/mol. The Hall–Kier alpha value is -1.40. The van der Waals surface area contributed by atoms with Crippen molar-refractivity contribution < 1.29 is 4.79 Å². The first kappa shape index (κ1) is 14.5. The van der Waals surface area contributed by atoms with E-state index in [0.29, 0.717) is 12.2 Å². The van der Waals surface area contributed by atoms with Gasteiger partial charge in [-0.25, -0.2) is 0 Å². The predicted molar refractivity (Wildman–Crippen MR) is 81.2 cm³/mol. The summed E-state index contributed by atoms with van der Waals surface area (Å²) in [5.41, 5.74) is 2.69. The third-order valence-electron chi connectivity index (χ3n) is 4.61. The first-order chi connectivity index (χ1) is 10.2. The van der Waals surface area contributed by atoms with Gasteiger partial charge in [0.2, 0.25) is 0 Å². The molecule has 6 nitrogen and oxygen atoms in total. The summed E-state index contributed by atoms with van der Waals surface area (Å²) in [6.45, 7) is 7.93. The number of rotatable bonds is 4. The SMILES string of the molecule is CC1CCN(CCNC(=O)c2n[nH]c3c2CNCC3)CC1. The lowest BCUT2D eigenvalue weighted by molar-refractivity contribution is 0.0938. The molecule has 0 unspecified atom stereocenters. The van der Waals surface area contributed by atoms with Crippen LogP contribution in [0.15, 0.2) is 0 Å². The molecule has 0 bridgehead atoms. The number of hydrogen-bond acceptors (Lipinski definition) is 4. The van der Waals surface area contributed by atoms with Crippen molar-refractivity contribution >= 4 is 5.91 Å². The van der Waals surface area contributed by atoms with Crippen LogP contribution < -0.4 is 10.6 Å². The molecule has 3 heterocycles. The third-order valence-corrected chi connectivity index (χ3v) is 4.61. The van der Waals surface area contributed by atoms with Gasteiger partial charge in [-0.1, -0.05) is 6.92 Å². The van der Waals surface area contributed by atoms with E-state index in [0.717, 1.165) is 56.3 Å². The summed E-state index contributed by atoms with van der Waals surface area (Å²) in [5.74, 6) is 0.792. The lowest BCUT2D eigenvalue weighted by Crippen LogP contribution is -2.39. The summed E-state index contributed by atoms with van der Waals surface area (Å²) in [5, 5.41) is 13.5. The number of H-pyrrole nitrogens is 1. The van der Waals surface area contributed by atoms with E-state index in [1.807, 2.05) is 0 Å². The van der Waals surface area contributed by atoms with Gasteiger partial charge in [-0.2, -0.15) is 5.10 Å². The molecule has 2 aliphatic heterocycles. The van der Waals surface area contributed by atoms with Gasteiger partial charge in [-0.15, -0.1) is 0 Å². The number of aromatic amines is 1. The second-order valence-corrected chi connectivity index (χ2v) is 6.24. The Bertz CT molecular complexity index is 490. The first-order valence-electron chi connectivity index (χ1n) is 8.01. The van der Waals surface area contributed by atoms with Gasteiger partial charge in [0.05, 0.1) is 0 Å². The zero-order chi connectivity index (χ0) is 14.7. The lowest BCUT2D eigenvalue weighted by atomic mass is 9.99. The van der Waals surface area contributed by atoms with E-state index >= 15 is 0 Å². The minimum absolute atomic E-state index is 0.0541. The van der Waals surface area contributed by atoms with Crippen molar-refractivity contribution in [3.63, 3.8) is 0 Å². The maximum Gasteiger partial charge on any atom is 0.272 e. The average Bonchev–Trinajstić information content (AvgIpc) is 2.93. The summed E-state index contributed by atoms with van der Waals surface area (Å²) in [7, 11) is 0. The minimum atomic E-state index is -0.0541. The van der Waals surface area contributed by atoms with Gasteiger partial charge in [0, 0.05) is 43.9 Å². The van der Waals surface area contributed by atoms with Crippen molar-refractivity contribution in [2.75, 3.05) is 32.7 Å². The van der Waals surface area contributed by atoms with Crippen molar-refractivity contribution in [1.29, 1.82) is 0 Å². The van der Waals surface area contributed by atoms with Crippen LogP contribution in [-0.4, -0.2) is 53.7 Å². The molecule has 0 radical (unpaired) electrons. The highest BCUT2D eigenvalue weighted by molar-refractivity contribution is 5.94. The van der Waals surface area contributed by atoms with Crippen molar-refractivity contribution in [3.8, 4) is 0 Å². The van der Waals surface area contributed by atoms with Crippen molar-refractivity contribution in [3.05, 3.63) is 17.0 Å². The highest BCUT2D eigenvalue weighted by Crippen LogP contribution is 2.16. The summed E-state index contributed by atoms with van der Waals surface area (Å²) in [6.07, 6.45) is 3.46. The number of nitrogens with one attached hydrogen (secondary N) is 3. The third kappa shape index (κ3) is 3.44. The number of carbonyl (C=O) groups is 1. The Labute approximate surface area is 125 Å². The highest BCUT2D eigenvalue weighted by Gasteiger charge is 2.21. The minimum Gasteiger partial charge on any atom is -0.349 e. The Balaban J connectivity index is 1.47. The first-order valence-corrected chi connectivity index (χ1v) is 8.01. The molecule has 2 aliphatic rings. The number of amides is 1. The molecule has 0 spiro atoms. The van der Waals surface area contributed by atoms with Gasteiger partial charge in [-0.05, 0) is 31.8 Å². The van der Waals surface area contributed by atoms with Crippen LogP contribution in [0.5, 0.6) is 0 Å². The number of aromatic nitrogens is 2. The quantitative estimate of drug-likeness (QED) is 0.756. The monoisotopic (exact) mass is 291 g/mol. The molecule has 6 heteroatoms. The molecule has 0 aliphatic carbocycles. The van der Waals surface area contributed by atoms with E-state index in [1.165, 1.54) is 12.8 Å². The fraction of sp³-hybridized carbons (Fsp3) is 0.733.